The normalized spacial score (nSPS) is 16.4. The van der Waals surface area contributed by atoms with Crippen LogP contribution in [0, 0.1) is 20.8 Å². The van der Waals surface area contributed by atoms with Gasteiger partial charge in [-0.3, -0.25) is 0 Å². The molecule has 0 unspecified atom stereocenters. The van der Waals surface area contributed by atoms with E-state index in [1.165, 1.54) is 7.11 Å². The monoisotopic (exact) mass is 340 g/mol. The molecule has 1 aromatic carbocycles. The van der Waals surface area contributed by atoms with Gasteiger partial charge in [-0.15, -0.1) is 0 Å². The number of carbonyl (C=O) groups is 1. The molecule has 0 atom stereocenters. The van der Waals surface area contributed by atoms with Crippen LogP contribution in [0.3, 0.4) is 0 Å². The SMILES string of the molecule is COC(=O)N1CCC(NS(=O)(=O)c2c(C)cc(C)cc2C)CC1. The molecule has 1 aromatic rings. The number of nitrogens with zero attached hydrogens (tertiary/aromatic N) is 1. The first-order valence-corrected chi connectivity index (χ1v) is 9.16. The van der Waals surface area contributed by atoms with Crippen molar-refractivity contribution in [3.63, 3.8) is 0 Å². The van der Waals surface area contributed by atoms with E-state index in [2.05, 4.69) is 9.46 Å². The highest BCUT2D eigenvalue weighted by atomic mass is 32.2. The number of carbonyl (C=O) groups excluding carboxylic acids is 1. The zero-order chi connectivity index (χ0) is 17.2. The van der Waals surface area contributed by atoms with E-state index in [9.17, 15) is 13.2 Å². The van der Waals surface area contributed by atoms with Gasteiger partial charge in [-0.05, 0) is 44.7 Å². The van der Waals surface area contributed by atoms with Gasteiger partial charge in [0, 0.05) is 19.1 Å². The summed E-state index contributed by atoms with van der Waals surface area (Å²) in [4.78, 5) is 13.4. The zero-order valence-electron chi connectivity index (χ0n) is 14.0. The van der Waals surface area contributed by atoms with Gasteiger partial charge in [0.05, 0.1) is 12.0 Å². The smallest absolute Gasteiger partial charge is 0.409 e. The highest BCUT2D eigenvalue weighted by Gasteiger charge is 2.28. The Morgan fingerprint density at radius 2 is 1.70 bits per heavy atom. The number of piperidine rings is 1. The Balaban J connectivity index is 2.10. The van der Waals surface area contributed by atoms with Crippen LogP contribution in [0.2, 0.25) is 0 Å². The number of aryl methyl sites for hydroxylation is 3. The van der Waals surface area contributed by atoms with Gasteiger partial charge < -0.3 is 9.64 Å². The molecule has 2 rings (SSSR count). The molecule has 1 N–H and O–H groups in total. The molecule has 6 nitrogen and oxygen atoms in total. The van der Waals surface area contributed by atoms with Crippen molar-refractivity contribution in [1.82, 2.24) is 9.62 Å². The maximum absolute atomic E-state index is 12.7. The minimum atomic E-state index is -3.57. The molecule has 1 aliphatic rings. The summed E-state index contributed by atoms with van der Waals surface area (Å²) in [6, 6.07) is 3.59. The summed E-state index contributed by atoms with van der Waals surface area (Å²) < 4.78 is 32.9. The predicted octanol–water partition coefficient (Wildman–Crippen LogP) is 2.12. The van der Waals surface area contributed by atoms with Crippen molar-refractivity contribution in [2.24, 2.45) is 0 Å². The molecular formula is C16H24N2O4S. The van der Waals surface area contributed by atoms with E-state index < -0.39 is 10.0 Å². The van der Waals surface area contributed by atoms with Crippen molar-refractivity contribution >= 4 is 16.1 Å². The van der Waals surface area contributed by atoms with Gasteiger partial charge in [-0.1, -0.05) is 17.7 Å². The van der Waals surface area contributed by atoms with Gasteiger partial charge in [0.1, 0.15) is 0 Å². The molecule has 0 spiro atoms. The van der Waals surface area contributed by atoms with Gasteiger partial charge in [-0.2, -0.15) is 0 Å². The van der Waals surface area contributed by atoms with Crippen LogP contribution in [0.4, 0.5) is 4.79 Å². The number of sulfonamides is 1. The minimum Gasteiger partial charge on any atom is -0.453 e. The van der Waals surface area contributed by atoms with E-state index in [4.69, 9.17) is 0 Å². The number of nitrogens with one attached hydrogen (secondary N) is 1. The molecular weight excluding hydrogens is 316 g/mol. The molecule has 0 radical (unpaired) electrons. The third-order valence-corrected chi connectivity index (χ3v) is 5.95. The number of hydrogen-bond acceptors (Lipinski definition) is 4. The summed E-state index contributed by atoms with van der Waals surface area (Å²) >= 11 is 0. The Hall–Kier alpha value is -1.60. The maximum atomic E-state index is 12.7. The number of hydrogen-bond donors (Lipinski definition) is 1. The molecule has 0 bridgehead atoms. The van der Waals surface area contributed by atoms with Crippen LogP contribution in [0.5, 0.6) is 0 Å². The van der Waals surface area contributed by atoms with Gasteiger partial charge in [0.15, 0.2) is 0 Å². The van der Waals surface area contributed by atoms with Crippen LogP contribution in [0.15, 0.2) is 17.0 Å². The van der Waals surface area contributed by atoms with Crippen molar-refractivity contribution < 1.29 is 17.9 Å². The van der Waals surface area contributed by atoms with Crippen molar-refractivity contribution in [3.05, 3.63) is 28.8 Å². The molecule has 1 fully saturated rings. The second-order valence-electron chi connectivity index (χ2n) is 6.08. The molecule has 0 aliphatic carbocycles. The summed E-state index contributed by atoms with van der Waals surface area (Å²) in [7, 11) is -2.22. The highest BCUT2D eigenvalue weighted by Crippen LogP contribution is 2.23. The first-order chi connectivity index (χ1) is 10.7. The number of likely N-dealkylation sites (tertiary alicyclic amines) is 1. The van der Waals surface area contributed by atoms with Crippen LogP contribution in [-0.2, 0) is 14.8 Å². The largest absolute Gasteiger partial charge is 0.453 e. The molecule has 0 saturated carbocycles. The Labute approximate surface area is 137 Å². The Morgan fingerprint density at radius 3 is 2.17 bits per heavy atom. The van der Waals surface area contributed by atoms with Gasteiger partial charge in [0.2, 0.25) is 10.0 Å². The number of ether oxygens (including phenoxy) is 1. The average molecular weight is 340 g/mol. The van der Waals surface area contributed by atoms with Gasteiger partial charge >= 0.3 is 6.09 Å². The summed E-state index contributed by atoms with van der Waals surface area (Å²) in [5.74, 6) is 0. The lowest BCUT2D eigenvalue weighted by Gasteiger charge is -2.31. The lowest BCUT2D eigenvalue weighted by atomic mass is 10.1. The van der Waals surface area contributed by atoms with Crippen LogP contribution < -0.4 is 4.72 Å². The fourth-order valence-corrected chi connectivity index (χ4v) is 4.94. The van der Waals surface area contributed by atoms with E-state index in [1.54, 1.807) is 4.90 Å². The fraction of sp³-hybridized carbons (Fsp3) is 0.562. The summed E-state index contributed by atoms with van der Waals surface area (Å²) in [5.41, 5.74) is 2.55. The Morgan fingerprint density at radius 1 is 1.17 bits per heavy atom. The molecule has 0 aromatic heterocycles. The van der Waals surface area contributed by atoms with Crippen LogP contribution in [0.1, 0.15) is 29.5 Å². The number of rotatable bonds is 3. The van der Waals surface area contributed by atoms with Crippen molar-refractivity contribution in [2.45, 2.75) is 44.6 Å². The quantitative estimate of drug-likeness (QED) is 0.914. The van der Waals surface area contributed by atoms with Gasteiger partial charge in [0.25, 0.3) is 0 Å². The molecule has 128 valence electrons. The molecule has 1 amide bonds. The van der Waals surface area contributed by atoms with Crippen molar-refractivity contribution in [2.75, 3.05) is 20.2 Å². The second kappa shape index (κ2) is 6.88. The highest BCUT2D eigenvalue weighted by molar-refractivity contribution is 7.89. The molecule has 1 saturated heterocycles. The number of benzene rings is 1. The van der Waals surface area contributed by atoms with E-state index >= 15 is 0 Å². The fourth-order valence-electron chi connectivity index (χ4n) is 3.18. The average Bonchev–Trinajstić information content (AvgIpc) is 2.45. The topological polar surface area (TPSA) is 75.7 Å². The Bertz CT molecular complexity index is 669. The third kappa shape index (κ3) is 4.03. The van der Waals surface area contributed by atoms with Crippen molar-refractivity contribution in [1.29, 1.82) is 0 Å². The lowest BCUT2D eigenvalue weighted by Crippen LogP contribution is -2.46. The zero-order valence-corrected chi connectivity index (χ0v) is 14.9. The summed E-state index contributed by atoms with van der Waals surface area (Å²) in [6.45, 7) is 6.56. The first kappa shape index (κ1) is 17.7. The van der Waals surface area contributed by atoms with Crippen molar-refractivity contribution in [3.8, 4) is 0 Å². The molecule has 23 heavy (non-hydrogen) atoms. The minimum absolute atomic E-state index is 0.166. The van der Waals surface area contributed by atoms with E-state index in [0.717, 1.165) is 16.7 Å². The third-order valence-electron chi connectivity index (χ3n) is 4.12. The first-order valence-electron chi connectivity index (χ1n) is 7.67. The second-order valence-corrected chi connectivity index (χ2v) is 7.73. The predicted molar refractivity (Wildman–Crippen MR) is 88.0 cm³/mol. The lowest BCUT2D eigenvalue weighted by molar-refractivity contribution is 0.111. The van der Waals surface area contributed by atoms with Crippen LogP contribution >= 0.6 is 0 Å². The maximum Gasteiger partial charge on any atom is 0.409 e. The number of amides is 1. The standard InChI is InChI=1S/C16H24N2O4S/c1-11-9-12(2)15(13(3)10-11)23(20,21)17-14-5-7-18(8-6-14)16(19)22-4/h9-10,14,17H,5-8H2,1-4H3. The molecule has 1 heterocycles. The van der Waals surface area contributed by atoms with Crippen LogP contribution in [0.25, 0.3) is 0 Å². The van der Waals surface area contributed by atoms with Gasteiger partial charge in [-0.25, -0.2) is 17.9 Å². The van der Waals surface area contributed by atoms with E-state index in [1.807, 2.05) is 32.9 Å². The number of methoxy groups -OCH3 is 1. The molecule has 7 heteroatoms. The van der Waals surface area contributed by atoms with E-state index in [0.29, 0.717) is 30.8 Å². The van der Waals surface area contributed by atoms with Crippen LogP contribution in [-0.4, -0.2) is 45.7 Å². The Kier molecular flexibility index (Phi) is 5.31. The van der Waals surface area contributed by atoms with E-state index in [-0.39, 0.29) is 12.1 Å². The summed E-state index contributed by atoms with van der Waals surface area (Å²) in [5, 5.41) is 0. The molecule has 1 aliphatic heterocycles. The summed E-state index contributed by atoms with van der Waals surface area (Å²) in [6.07, 6.45) is 0.799.